The monoisotopic (exact) mass is 436 g/mol. The van der Waals surface area contributed by atoms with E-state index in [4.69, 9.17) is 11.6 Å². The van der Waals surface area contributed by atoms with Crippen molar-refractivity contribution in [2.24, 2.45) is 5.41 Å². The summed E-state index contributed by atoms with van der Waals surface area (Å²) in [6, 6.07) is 7.32. The highest BCUT2D eigenvalue weighted by Crippen LogP contribution is 2.52. The van der Waals surface area contributed by atoms with Gasteiger partial charge in [-0.2, -0.15) is 0 Å². The van der Waals surface area contributed by atoms with Gasteiger partial charge in [-0.3, -0.25) is 0 Å². The molecule has 2 fully saturated rings. The maximum atomic E-state index is 13.3. The first-order chi connectivity index (χ1) is 13.8. The van der Waals surface area contributed by atoms with Crippen molar-refractivity contribution in [2.45, 2.75) is 63.7 Å². The van der Waals surface area contributed by atoms with Crippen molar-refractivity contribution in [3.8, 4) is 0 Å². The van der Waals surface area contributed by atoms with E-state index in [1.54, 1.807) is 34.9 Å². The van der Waals surface area contributed by atoms with Crippen LogP contribution in [0.1, 0.15) is 69.3 Å². The first kappa shape index (κ1) is 20.8. The Labute approximate surface area is 178 Å². The molecule has 2 heterocycles. The van der Waals surface area contributed by atoms with E-state index in [1.165, 1.54) is 6.42 Å². The van der Waals surface area contributed by atoms with Crippen molar-refractivity contribution in [2.75, 3.05) is 13.1 Å². The Bertz CT molecular complexity index is 949. The molecule has 29 heavy (non-hydrogen) atoms. The first-order valence-electron chi connectivity index (χ1n) is 10.4. The molecule has 1 aliphatic heterocycles. The van der Waals surface area contributed by atoms with Gasteiger partial charge in [0, 0.05) is 30.1 Å². The van der Waals surface area contributed by atoms with Crippen LogP contribution in [-0.2, 0) is 15.8 Å². The number of aromatic nitrogens is 3. The molecule has 1 unspecified atom stereocenters. The maximum Gasteiger partial charge on any atom is 0.218 e. The zero-order valence-electron chi connectivity index (χ0n) is 17.1. The molecule has 1 aliphatic carbocycles. The van der Waals surface area contributed by atoms with E-state index in [0.717, 1.165) is 37.1 Å². The van der Waals surface area contributed by atoms with Crippen LogP contribution >= 0.6 is 11.6 Å². The van der Waals surface area contributed by atoms with Gasteiger partial charge < -0.3 is 4.57 Å². The Balaban J connectivity index is 1.64. The van der Waals surface area contributed by atoms with Crippen LogP contribution in [-0.4, -0.2) is 40.6 Å². The molecule has 4 rings (SSSR count). The van der Waals surface area contributed by atoms with E-state index in [-0.39, 0.29) is 23.1 Å². The van der Waals surface area contributed by atoms with E-state index in [9.17, 15) is 8.42 Å². The summed E-state index contributed by atoms with van der Waals surface area (Å²) in [5.41, 5.74) is 0.728. The highest BCUT2D eigenvalue weighted by molar-refractivity contribution is 7.88. The van der Waals surface area contributed by atoms with Crippen LogP contribution in [0.2, 0.25) is 5.02 Å². The lowest BCUT2D eigenvalue weighted by atomic mass is 9.67. The zero-order valence-corrected chi connectivity index (χ0v) is 18.7. The standard InChI is InChI=1S/C21H29ClN4O2S/c1-16(2)26-15-23-24-20(26)19-12-25(14-21(19)10-4-3-5-11-21)29(27,28)13-17-6-8-18(22)9-7-17/h6-9,15-16,19H,3-5,10-14H2,1-2H3. The predicted octanol–water partition coefficient (Wildman–Crippen LogP) is 4.39. The van der Waals surface area contributed by atoms with Gasteiger partial charge in [0.2, 0.25) is 10.0 Å². The lowest BCUT2D eigenvalue weighted by Crippen LogP contribution is -2.35. The van der Waals surface area contributed by atoms with Gasteiger partial charge in [0.25, 0.3) is 0 Å². The summed E-state index contributed by atoms with van der Waals surface area (Å²) >= 11 is 5.95. The summed E-state index contributed by atoms with van der Waals surface area (Å²) in [6.45, 7) is 5.30. The van der Waals surface area contributed by atoms with Crippen molar-refractivity contribution in [1.29, 1.82) is 0 Å². The minimum absolute atomic E-state index is 0.00381. The van der Waals surface area contributed by atoms with Crippen LogP contribution in [0.5, 0.6) is 0 Å². The van der Waals surface area contributed by atoms with Crippen molar-refractivity contribution in [1.82, 2.24) is 19.1 Å². The van der Waals surface area contributed by atoms with Crippen LogP contribution in [0, 0.1) is 5.41 Å². The Hall–Kier alpha value is -1.44. The Morgan fingerprint density at radius 2 is 1.86 bits per heavy atom. The predicted molar refractivity (Wildman–Crippen MR) is 114 cm³/mol. The topological polar surface area (TPSA) is 68.1 Å². The second-order valence-electron chi connectivity index (χ2n) is 8.84. The molecule has 1 atom stereocenters. The molecule has 1 aromatic carbocycles. The molecule has 158 valence electrons. The van der Waals surface area contributed by atoms with Crippen LogP contribution in [0.4, 0.5) is 0 Å². The van der Waals surface area contributed by atoms with Gasteiger partial charge >= 0.3 is 0 Å². The van der Waals surface area contributed by atoms with Crippen molar-refractivity contribution in [3.63, 3.8) is 0 Å². The van der Waals surface area contributed by atoms with Crippen LogP contribution < -0.4 is 0 Å². The molecule has 0 amide bonds. The summed E-state index contributed by atoms with van der Waals surface area (Å²) in [5.74, 6) is 1.03. The summed E-state index contributed by atoms with van der Waals surface area (Å²) in [4.78, 5) is 0. The summed E-state index contributed by atoms with van der Waals surface area (Å²) in [6.07, 6.45) is 7.41. The minimum atomic E-state index is -3.43. The van der Waals surface area contributed by atoms with E-state index in [2.05, 4.69) is 28.6 Å². The SMILES string of the molecule is CC(C)n1cnnc1C1CN(S(=O)(=O)Cc2ccc(Cl)cc2)CC12CCCCC2. The maximum absolute atomic E-state index is 13.3. The largest absolute Gasteiger partial charge is 0.315 e. The number of hydrogen-bond acceptors (Lipinski definition) is 4. The minimum Gasteiger partial charge on any atom is -0.315 e. The number of hydrogen-bond donors (Lipinski definition) is 0. The average Bonchev–Trinajstić information content (AvgIpc) is 3.29. The first-order valence-corrected chi connectivity index (χ1v) is 12.4. The smallest absolute Gasteiger partial charge is 0.218 e. The number of halogens is 1. The summed E-state index contributed by atoms with van der Waals surface area (Å²) in [5, 5.41) is 9.23. The number of benzene rings is 1. The molecule has 1 aromatic heterocycles. The lowest BCUT2D eigenvalue weighted by molar-refractivity contribution is 0.175. The summed E-state index contributed by atoms with van der Waals surface area (Å²) < 4.78 is 30.4. The third-order valence-electron chi connectivity index (χ3n) is 6.59. The number of rotatable bonds is 5. The fraction of sp³-hybridized carbons (Fsp3) is 0.619. The Morgan fingerprint density at radius 3 is 2.52 bits per heavy atom. The van der Waals surface area contributed by atoms with Gasteiger partial charge in [0.15, 0.2) is 0 Å². The lowest BCUT2D eigenvalue weighted by Gasteiger charge is -2.38. The molecule has 0 N–H and O–H groups in total. The molecule has 1 saturated heterocycles. The van der Waals surface area contributed by atoms with Crippen LogP contribution in [0.15, 0.2) is 30.6 Å². The van der Waals surface area contributed by atoms with Crippen molar-refractivity contribution < 1.29 is 8.42 Å². The molecular weight excluding hydrogens is 408 g/mol. The van der Waals surface area contributed by atoms with E-state index in [0.29, 0.717) is 18.1 Å². The zero-order chi connectivity index (χ0) is 20.6. The van der Waals surface area contributed by atoms with Crippen molar-refractivity contribution in [3.05, 3.63) is 47.0 Å². The van der Waals surface area contributed by atoms with Gasteiger partial charge in [-0.15, -0.1) is 10.2 Å². The molecule has 1 saturated carbocycles. The second kappa shape index (κ2) is 8.00. The normalized spacial score (nSPS) is 22.6. The average molecular weight is 437 g/mol. The van der Waals surface area contributed by atoms with Crippen molar-refractivity contribution >= 4 is 21.6 Å². The van der Waals surface area contributed by atoms with Gasteiger partial charge in [-0.25, -0.2) is 12.7 Å². The van der Waals surface area contributed by atoms with Crippen LogP contribution in [0.3, 0.4) is 0 Å². The third kappa shape index (κ3) is 4.09. The Morgan fingerprint density at radius 1 is 1.17 bits per heavy atom. The number of sulfonamides is 1. The van der Waals surface area contributed by atoms with E-state index < -0.39 is 10.0 Å². The highest BCUT2D eigenvalue weighted by Gasteiger charge is 2.52. The fourth-order valence-electron chi connectivity index (χ4n) is 5.03. The highest BCUT2D eigenvalue weighted by atomic mass is 35.5. The van der Waals surface area contributed by atoms with Crippen LogP contribution in [0.25, 0.3) is 0 Å². The Kier molecular flexibility index (Phi) is 5.75. The molecule has 1 spiro atoms. The van der Waals surface area contributed by atoms with E-state index >= 15 is 0 Å². The van der Waals surface area contributed by atoms with Gasteiger partial charge in [0.1, 0.15) is 12.2 Å². The van der Waals surface area contributed by atoms with E-state index in [1.807, 2.05) is 0 Å². The second-order valence-corrected chi connectivity index (χ2v) is 11.2. The number of nitrogens with zero attached hydrogens (tertiary/aromatic N) is 4. The summed E-state index contributed by atoms with van der Waals surface area (Å²) in [7, 11) is -3.43. The van der Waals surface area contributed by atoms with Gasteiger partial charge in [-0.05, 0) is 49.8 Å². The molecule has 2 aromatic rings. The fourth-order valence-corrected chi connectivity index (χ4v) is 6.79. The molecule has 8 heteroatoms. The molecule has 0 bridgehead atoms. The molecule has 6 nitrogen and oxygen atoms in total. The van der Waals surface area contributed by atoms with Gasteiger partial charge in [0.05, 0.1) is 5.75 Å². The molecule has 0 radical (unpaired) electrons. The third-order valence-corrected chi connectivity index (χ3v) is 8.61. The molecule has 2 aliphatic rings. The quantitative estimate of drug-likeness (QED) is 0.696. The van der Waals surface area contributed by atoms with Gasteiger partial charge in [-0.1, -0.05) is 43.0 Å². The molecular formula is C21H29ClN4O2S.